The molecule has 1 aromatic carbocycles. The van der Waals surface area contributed by atoms with E-state index in [-0.39, 0.29) is 5.75 Å². The molecule has 2 rings (SSSR count). The third-order valence-corrected chi connectivity index (χ3v) is 1.98. The average molecular weight is 224 g/mol. The number of ether oxygens (including phenoxy) is 1. The third-order valence-electron chi connectivity index (χ3n) is 1.98. The molecule has 0 aliphatic heterocycles. The Bertz CT molecular complexity index is 437. The van der Waals surface area contributed by atoms with Crippen molar-refractivity contribution in [3.05, 3.63) is 48.3 Å². The molecule has 0 unspecified atom stereocenters. The summed E-state index contributed by atoms with van der Waals surface area (Å²) in [6, 6.07) is 4.89. The Balaban J connectivity index is 1.89. The fraction of sp³-hybridized carbons (Fsp3) is 0.182. The summed E-state index contributed by atoms with van der Waals surface area (Å²) < 4.78 is 32.5. The van der Waals surface area contributed by atoms with Gasteiger partial charge in [-0.2, -0.15) is 5.10 Å². The number of benzene rings is 1. The maximum absolute atomic E-state index is 12.8. The van der Waals surface area contributed by atoms with Gasteiger partial charge in [0.05, 0.1) is 6.54 Å². The van der Waals surface area contributed by atoms with Crippen molar-refractivity contribution >= 4 is 0 Å². The van der Waals surface area contributed by atoms with Gasteiger partial charge in [0.15, 0.2) is 0 Å². The van der Waals surface area contributed by atoms with Crippen LogP contribution in [0.2, 0.25) is 0 Å². The molecule has 5 heteroatoms. The highest BCUT2D eigenvalue weighted by Crippen LogP contribution is 2.15. The van der Waals surface area contributed by atoms with Crippen LogP contribution in [0.4, 0.5) is 8.78 Å². The fourth-order valence-corrected chi connectivity index (χ4v) is 1.30. The Labute approximate surface area is 91.3 Å². The SMILES string of the molecule is Fc1cc(F)cc(OCCn2cccn2)c1. The van der Waals surface area contributed by atoms with Gasteiger partial charge in [-0.1, -0.05) is 0 Å². The first-order chi connectivity index (χ1) is 7.74. The molecule has 84 valence electrons. The molecule has 0 saturated carbocycles. The van der Waals surface area contributed by atoms with E-state index in [1.165, 1.54) is 0 Å². The third kappa shape index (κ3) is 2.79. The maximum Gasteiger partial charge on any atom is 0.129 e. The van der Waals surface area contributed by atoms with Gasteiger partial charge in [0.25, 0.3) is 0 Å². The highest BCUT2D eigenvalue weighted by atomic mass is 19.1. The Kier molecular flexibility index (Phi) is 3.14. The van der Waals surface area contributed by atoms with Crippen LogP contribution in [0.1, 0.15) is 0 Å². The fourth-order valence-electron chi connectivity index (χ4n) is 1.30. The summed E-state index contributed by atoms with van der Waals surface area (Å²) in [5, 5.41) is 3.97. The summed E-state index contributed by atoms with van der Waals surface area (Å²) in [7, 11) is 0. The van der Waals surface area contributed by atoms with Gasteiger partial charge >= 0.3 is 0 Å². The lowest BCUT2D eigenvalue weighted by atomic mass is 10.3. The number of nitrogens with zero attached hydrogens (tertiary/aromatic N) is 2. The zero-order valence-corrected chi connectivity index (χ0v) is 8.44. The smallest absolute Gasteiger partial charge is 0.129 e. The van der Waals surface area contributed by atoms with E-state index in [4.69, 9.17) is 4.74 Å². The van der Waals surface area contributed by atoms with Gasteiger partial charge < -0.3 is 4.74 Å². The molecule has 1 aromatic heterocycles. The van der Waals surface area contributed by atoms with E-state index in [9.17, 15) is 8.78 Å². The van der Waals surface area contributed by atoms with Crippen molar-refractivity contribution in [1.82, 2.24) is 9.78 Å². The lowest BCUT2D eigenvalue weighted by Gasteiger charge is -2.06. The van der Waals surface area contributed by atoms with Crippen molar-refractivity contribution in [3.8, 4) is 5.75 Å². The standard InChI is InChI=1S/C11H10F2N2O/c12-9-6-10(13)8-11(7-9)16-5-4-15-3-1-2-14-15/h1-3,6-8H,4-5H2. The predicted octanol–water partition coefficient (Wildman–Crippen LogP) is 2.24. The first kappa shape index (κ1) is 10.6. The maximum atomic E-state index is 12.8. The monoisotopic (exact) mass is 224 g/mol. The van der Waals surface area contributed by atoms with E-state index in [2.05, 4.69) is 5.10 Å². The molecular weight excluding hydrogens is 214 g/mol. The molecule has 0 amide bonds. The molecule has 0 aliphatic rings. The van der Waals surface area contributed by atoms with Crippen LogP contribution in [0.25, 0.3) is 0 Å². The largest absolute Gasteiger partial charge is 0.491 e. The van der Waals surface area contributed by atoms with E-state index in [0.717, 1.165) is 18.2 Å². The second kappa shape index (κ2) is 4.74. The Hall–Kier alpha value is -1.91. The summed E-state index contributed by atoms with van der Waals surface area (Å²) in [5.74, 6) is -1.10. The second-order valence-electron chi connectivity index (χ2n) is 3.22. The highest BCUT2D eigenvalue weighted by molar-refractivity contribution is 5.23. The van der Waals surface area contributed by atoms with Crippen LogP contribution in [0.3, 0.4) is 0 Å². The van der Waals surface area contributed by atoms with Crippen LogP contribution in [0.5, 0.6) is 5.75 Å². The van der Waals surface area contributed by atoms with Crippen molar-refractivity contribution in [1.29, 1.82) is 0 Å². The average Bonchev–Trinajstić information content (AvgIpc) is 2.69. The molecular formula is C11H10F2N2O. The number of rotatable bonds is 4. The van der Waals surface area contributed by atoms with Crippen LogP contribution in [-0.2, 0) is 6.54 Å². The molecule has 16 heavy (non-hydrogen) atoms. The predicted molar refractivity (Wildman–Crippen MR) is 54.1 cm³/mol. The quantitative estimate of drug-likeness (QED) is 0.796. The molecule has 0 aliphatic carbocycles. The Morgan fingerprint density at radius 1 is 1.19 bits per heavy atom. The number of halogens is 2. The molecule has 0 N–H and O–H groups in total. The van der Waals surface area contributed by atoms with E-state index in [0.29, 0.717) is 13.2 Å². The van der Waals surface area contributed by atoms with Gasteiger partial charge in [-0.05, 0) is 6.07 Å². The van der Waals surface area contributed by atoms with Crippen LogP contribution < -0.4 is 4.74 Å². The van der Waals surface area contributed by atoms with E-state index >= 15 is 0 Å². The Morgan fingerprint density at radius 3 is 2.56 bits per heavy atom. The van der Waals surface area contributed by atoms with Crippen molar-refractivity contribution in [2.45, 2.75) is 6.54 Å². The summed E-state index contributed by atoms with van der Waals surface area (Å²) >= 11 is 0. The van der Waals surface area contributed by atoms with Crippen molar-refractivity contribution in [3.63, 3.8) is 0 Å². The number of hydrogen-bond donors (Lipinski definition) is 0. The lowest BCUT2D eigenvalue weighted by Crippen LogP contribution is -2.08. The van der Waals surface area contributed by atoms with E-state index < -0.39 is 11.6 Å². The molecule has 1 heterocycles. The summed E-state index contributed by atoms with van der Waals surface area (Å²) in [6.45, 7) is 0.843. The molecule has 0 radical (unpaired) electrons. The van der Waals surface area contributed by atoms with Crippen molar-refractivity contribution < 1.29 is 13.5 Å². The highest BCUT2D eigenvalue weighted by Gasteiger charge is 2.01. The molecule has 3 nitrogen and oxygen atoms in total. The van der Waals surface area contributed by atoms with E-state index in [1.54, 1.807) is 23.1 Å². The minimum absolute atomic E-state index is 0.185. The zero-order chi connectivity index (χ0) is 11.4. The first-order valence-corrected chi connectivity index (χ1v) is 4.80. The number of hydrogen-bond acceptors (Lipinski definition) is 2. The van der Waals surface area contributed by atoms with Crippen LogP contribution in [-0.4, -0.2) is 16.4 Å². The van der Waals surface area contributed by atoms with Gasteiger partial charge in [0, 0.05) is 30.6 Å². The zero-order valence-electron chi connectivity index (χ0n) is 8.44. The van der Waals surface area contributed by atoms with Gasteiger partial charge in [-0.25, -0.2) is 8.78 Å². The molecule has 2 aromatic rings. The van der Waals surface area contributed by atoms with Gasteiger partial charge in [-0.15, -0.1) is 0 Å². The minimum atomic E-state index is -0.644. The van der Waals surface area contributed by atoms with Crippen LogP contribution in [0, 0.1) is 11.6 Å². The molecule has 0 fully saturated rings. The van der Waals surface area contributed by atoms with Crippen LogP contribution >= 0.6 is 0 Å². The lowest BCUT2D eigenvalue weighted by molar-refractivity contribution is 0.288. The normalized spacial score (nSPS) is 10.4. The molecule has 0 atom stereocenters. The first-order valence-electron chi connectivity index (χ1n) is 4.80. The van der Waals surface area contributed by atoms with Crippen molar-refractivity contribution in [2.24, 2.45) is 0 Å². The van der Waals surface area contributed by atoms with Crippen molar-refractivity contribution in [2.75, 3.05) is 6.61 Å². The van der Waals surface area contributed by atoms with Crippen LogP contribution in [0.15, 0.2) is 36.7 Å². The topological polar surface area (TPSA) is 27.1 Å². The molecule has 0 bridgehead atoms. The minimum Gasteiger partial charge on any atom is -0.491 e. The number of aromatic nitrogens is 2. The molecule has 0 saturated heterocycles. The second-order valence-corrected chi connectivity index (χ2v) is 3.22. The van der Waals surface area contributed by atoms with Gasteiger partial charge in [0.1, 0.15) is 24.0 Å². The summed E-state index contributed by atoms with van der Waals surface area (Å²) in [5.41, 5.74) is 0. The van der Waals surface area contributed by atoms with Gasteiger partial charge in [0.2, 0.25) is 0 Å². The molecule has 0 spiro atoms. The van der Waals surface area contributed by atoms with E-state index in [1.807, 2.05) is 0 Å². The summed E-state index contributed by atoms with van der Waals surface area (Å²) in [6.07, 6.45) is 3.44. The van der Waals surface area contributed by atoms with Gasteiger partial charge in [-0.3, -0.25) is 4.68 Å². The Morgan fingerprint density at radius 2 is 1.94 bits per heavy atom. The summed E-state index contributed by atoms with van der Waals surface area (Å²) in [4.78, 5) is 0.